The highest BCUT2D eigenvalue weighted by molar-refractivity contribution is 6.30. The van der Waals surface area contributed by atoms with Gasteiger partial charge in [-0.2, -0.15) is 0 Å². The minimum absolute atomic E-state index is 0. The second kappa shape index (κ2) is 2.77. The fraction of sp³-hybridized carbons (Fsp3) is 0.111. The number of carbonyl (C=O) groups is 1. The molecule has 1 heterocycles. The van der Waals surface area contributed by atoms with Gasteiger partial charge in [-0.15, -0.1) is 0 Å². The number of para-hydroxylation sites is 2. The molecule has 1 aromatic rings. The predicted molar refractivity (Wildman–Crippen MR) is 46.2 cm³/mol. The molecule has 0 atom stereocenters. The molecular weight excluding hydrogens is 154 g/mol. The van der Waals surface area contributed by atoms with E-state index in [0.29, 0.717) is 5.71 Å². The Kier molecular flexibility index (Phi) is 1.63. The van der Waals surface area contributed by atoms with E-state index >= 15 is 0 Å². The summed E-state index contributed by atoms with van der Waals surface area (Å²) in [6.07, 6.45) is 0.718. The summed E-state index contributed by atoms with van der Waals surface area (Å²) >= 11 is 0. The summed E-state index contributed by atoms with van der Waals surface area (Å²) in [6, 6.07) is 7.39. The van der Waals surface area contributed by atoms with Crippen molar-refractivity contribution in [3.63, 3.8) is 0 Å². The molecule has 0 saturated heterocycles. The molecule has 1 aliphatic heterocycles. The molecular formula is C9H8NO2+. The summed E-state index contributed by atoms with van der Waals surface area (Å²) in [7, 11) is 0. The van der Waals surface area contributed by atoms with Crippen LogP contribution in [0.25, 0.3) is 0 Å². The van der Waals surface area contributed by atoms with Gasteiger partial charge in [0.2, 0.25) is 0 Å². The second-order valence-electron chi connectivity index (χ2n) is 2.48. The minimum atomic E-state index is 0. The van der Waals surface area contributed by atoms with E-state index in [1.54, 1.807) is 0 Å². The molecule has 1 aliphatic rings. The van der Waals surface area contributed by atoms with Crippen molar-refractivity contribution >= 4 is 17.7 Å². The predicted octanol–water partition coefficient (Wildman–Crippen LogP) is 1.46. The first-order chi connectivity index (χ1) is 5.90. The number of rotatable bonds is 1. The van der Waals surface area contributed by atoms with Crippen LogP contribution in [0.1, 0.15) is 1.43 Å². The topological polar surface area (TPSA) is 38.7 Å². The zero-order valence-electron chi connectivity index (χ0n) is 7.36. The molecule has 3 heteroatoms. The molecule has 0 fully saturated rings. The van der Waals surface area contributed by atoms with Crippen molar-refractivity contribution in [3.8, 4) is 5.75 Å². The van der Waals surface area contributed by atoms with Crippen molar-refractivity contribution in [1.29, 1.82) is 0 Å². The number of hydrogen-bond acceptors (Lipinski definition) is 3. The van der Waals surface area contributed by atoms with E-state index in [0.717, 1.165) is 17.7 Å². The standard InChI is InChI=1S/C9H7NO2/c11-5-7-6-12-9-4-2-1-3-8(9)10-7/h1-5H,6H2/p+1. The molecule has 1 aromatic carbocycles. The van der Waals surface area contributed by atoms with Crippen LogP contribution in [0.3, 0.4) is 0 Å². The first kappa shape index (κ1) is 7.03. The van der Waals surface area contributed by atoms with Gasteiger partial charge in [0.1, 0.15) is 23.8 Å². The lowest BCUT2D eigenvalue weighted by atomic mass is 10.2. The number of hydrogen-bond donors (Lipinski definition) is 0. The molecule has 0 saturated carbocycles. The lowest BCUT2D eigenvalue weighted by Crippen LogP contribution is -2.15. The number of nitrogens with zero attached hydrogens (tertiary/aromatic N) is 1. The van der Waals surface area contributed by atoms with Gasteiger partial charge < -0.3 is 4.74 Å². The van der Waals surface area contributed by atoms with Crippen LogP contribution in [-0.2, 0) is 4.79 Å². The average molecular weight is 162 g/mol. The van der Waals surface area contributed by atoms with Crippen LogP contribution < -0.4 is 4.74 Å². The molecule has 0 aromatic heterocycles. The van der Waals surface area contributed by atoms with Crippen molar-refractivity contribution < 1.29 is 11.0 Å². The fourth-order valence-corrected chi connectivity index (χ4v) is 1.07. The normalized spacial score (nSPS) is 14.2. The number of fused-ring (bicyclic) bond motifs is 1. The first-order valence-corrected chi connectivity index (χ1v) is 3.65. The Hall–Kier alpha value is -1.64. The Balaban J connectivity index is 0.000000845. The minimum Gasteiger partial charge on any atom is -0.485 e. The zero-order valence-corrected chi connectivity index (χ0v) is 6.36. The van der Waals surface area contributed by atoms with Gasteiger partial charge in [-0.1, -0.05) is 12.1 Å². The molecule has 60 valence electrons. The number of aliphatic imine (C=N–C) groups is 1. The van der Waals surface area contributed by atoms with Gasteiger partial charge in [-0.05, 0) is 12.1 Å². The quantitative estimate of drug-likeness (QED) is 0.586. The van der Waals surface area contributed by atoms with E-state index in [-0.39, 0.29) is 8.03 Å². The third kappa shape index (κ3) is 1.09. The van der Waals surface area contributed by atoms with Crippen LogP contribution in [-0.4, -0.2) is 18.6 Å². The third-order valence-electron chi connectivity index (χ3n) is 1.64. The highest BCUT2D eigenvalue weighted by atomic mass is 16.5. The molecule has 0 radical (unpaired) electrons. The summed E-state index contributed by atoms with van der Waals surface area (Å²) in [5.41, 5.74) is 1.17. The van der Waals surface area contributed by atoms with Crippen LogP contribution in [0.2, 0.25) is 0 Å². The van der Waals surface area contributed by atoms with Crippen LogP contribution in [0, 0.1) is 0 Å². The van der Waals surface area contributed by atoms with Crippen LogP contribution in [0.15, 0.2) is 29.3 Å². The van der Waals surface area contributed by atoms with Crippen molar-refractivity contribution in [3.05, 3.63) is 24.3 Å². The number of aldehydes is 1. The van der Waals surface area contributed by atoms with Crippen LogP contribution >= 0.6 is 0 Å². The molecule has 12 heavy (non-hydrogen) atoms. The molecule has 0 bridgehead atoms. The van der Waals surface area contributed by atoms with Crippen LogP contribution in [0.5, 0.6) is 5.75 Å². The Morgan fingerprint density at radius 2 is 2.33 bits per heavy atom. The monoisotopic (exact) mass is 162 g/mol. The van der Waals surface area contributed by atoms with E-state index in [9.17, 15) is 4.79 Å². The van der Waals surface area contributed by atoms with Crippen molar-refractivity contribution in [1.82, 2.24) is 0 Å². The smallest absolute Gasteiger partial charge is 0.485 e. The zero-order chi connectivity index (χ0) is 8.39. The highest BCUT2D eigenvalue weighted by Crippen LogP contribution is 2.29. The Bertz CT molecular complexity index is 349. The first-order valence-electron chi connectivity index (χ1n) is 3.65. The Morgan fingerprint density at radius 1 is 1.50 bits per heavy atom. The largest absolute Gasteiger partial charge is 1.00 e. The van der Waals surface area contributed by atoms with Crippen molar-refractivity contribution in [2.24, 2.45) is 4.99 Å². The van der Waals surface area contributed by atoms with E-state index in [1.165, 1.54) is 0 Å². The van der Waals surface area contributed by atoms with E-state index in [2.05, 4.69) is 4.99 Å². The number of benzene rings is 1. The highest BCUT2D eigenvalue weighted by Gasteiger charge is 2.10. The molecule has 0 N–H and O–H groups in total. The summed E-state index contributed by atoms with van der Waals surface area (Å²) < 4.78 is 5.26. The Labute approximate surface area is 71.2 Å². The second-order valence-corrected chi connectivity index (χ2v) is 2.48. The third-order valence-corrected chi connectivity index (χ3v) is 1.64. The molecule has 2 rings (SSSR count). The summed E-state index contributed by atoms with van der Waals surface area (Å²) in [5.74, 6) is 0.739. The maximum absolute atomic E-state index is 10.4. The average Bonchev–Trinajstić information content (AvgIpc) is 2.17. The van der Waals surface area contributed by atoms with Gasteiger partial charge >= 0.3 is 1.43 Å². The van der Waals surface area contributed by atoms with Crippen LogP contribution in [0.4, 0.5) is 5.69 Å². The Morgan fingerprint density at radius 3 is 3.17 bits per heavy atom. The molecule has 0 aliphatic carbocycles. The molecule has 0 amide bonds. The van der Waals surface area contributed by atoms with Crippen molar-refractivity contribution in [2.45, 2.75) is 0 Å². The molecule has 0 unspecified atom stereocenters. The summed E-state index contributed by atoms with van der Waals surface area (Å²) in [5, 5.41) is 0. The maximum Gasteiger partial charge on any atom is 1.00 e. The van der Waals surface area contributed by atoms with E-state index in [1.807, 2.05) is 24.3 Å². The maximum atomic E-state index is 10.4. The van der Waals surface area contributed by atoms with Gasteiger partial charge in [0.05, 0.1) is 0 Å². The van der Waals surface area contributed by atoms with Gasteiger partial charge in [-0.3, -0.25) is 4.79 Å². The van der Waals surface area contributed by atoms with Gasteiger partial charge in [0.15, 0.2) is 6.29 Å². The van der Waals surface area contributed by atoms with Gasteiger partial charge in [-0.25, -0.2) is 4.99 Å². The van der Waals surface area contributed by atoms with Gasteiger partial charge in [0, 0.05) is 0 Å². The summed E-state index contributed by atoms with van der Waals surface area (Å²) in [6.45, 7) is 0.278. The van der Waals surface area contributed by atoms with E-state index < -0.39 is 0 Å². The molecule has 0 spiro atoms. The van der Waals surface area contributed by atoms with E-state index in [4.69, 9.17) is 4.74 Å². The lowest BCUT2D eigenvalue weighted by Gasteiger charge is -2.12. The van der Waals surface area contributed by atoms with Gasteiger partial charge in [0.25, 0.3) is 0 Å². The SMILES string of the molecule is O=CC1=Nc2ccccc2OC1.[H+]. The fourth-order valence-electron chi connectivity index (χ4n) is 1.07. The van der Waals surface area contributed by atoms with Crippen molar-refractivity contribution in [2.75, 3.05) is 6.61 Å². The molecule has 3 nitrogen and oxygen atoms in total. The number of carbonyl (C=O) groups excluding carboxylic acids is 1. The summed E-state index contributed by atoms with van der Waals surface area (Å²) in [4.78, 5) is 14.4. The number of ether oxygens (including phenoxy) is 1. The lowest BCUT2D eigenvalue weighted by molar-refractivity contribution is -0.102.